The van der Waals surface area contributed by atoms with Gasteiger partial charge in [0.05, 0.1) is 54.6 Å². The summed E-state index contributed by atoms with van der Waals surface area (Å²) < 4.78 is 39.0. The van der Waals surface area contributed by atoms with Crippen LogP contribution in [0.2, 0.25) is 10.0 Å². The van der Waals surface area contributed by atoms with E-state index in [1.807, 2.05) is 36.4 Å². The average Bonchev–Trinajstić information content (AvgIpc) is 3.49. The third-order valence-electron chi connectivity index (χ3n) is 8.46. The maximum Gasteiger partial charge on any atom is 0.260 e. The van der Waals surface area contributed by atoms with Gasteiger partial charge in [-0.15, -0.1) is 0 Å². The first kappa shape index (κ1) is 33.9. The molecule has 4 heterocycles. The van der Waals surface area contributed by atoms with Gasteiger partial charge in [0.15, 0.2) is 0 Å². The Balaban J connectivity index is 1.24. The number of methoxy groups -OCH3 is 2. The molecule has 1 unspecified atom stereocenters. The summed E-state index contributed by atoms with van der Waals surface area (Å²) in [5.74, 6) is -2.04. The number of benzene rings is 2. The van der Waals surface area contributed by atoms with Gasteiger partial charge in [-0.1, -0.05) is 59.6 Å². The molecule has 6 rings (SSSR count). The Bertz CT molecular complexity index is 1810. The Kier molecular flexibility index (Phi) is 10.4. The number of halogens is 4. The summed E-state index contributed by atoms with van der Waals surface area (Å²) in [5.41, 5.74) is 4.68. The van der Waals surface area contributed by atoms with Gasteiger partial charge in [0.1, 0.15) is 11.4 Å². The Hall–Kier alpha value is -3.97. The van der Waals surface area contributed by atoms with E-state index in [0.717, 1.165) is 6.42 Å². The Morgan fingerprint density at radius 3 is 2.08 bits per heavy atom. The molecule has 1 amide bonds. The van der Waals surface area contributed by atoms with Crippen molar-refractivity contribution in [3.63, 3.8) is 0 Å². The topological polar surface area (TPSA) is 114 Å². The van der Waals surface area contributed by atoms with Crippen molar-refractivity contribution in [3.05, 3.63) is 70.2 Å². The molecule has 0 saturated carbocycles. The van der Waals surface area contributed by atoms with Gasteiger partial charge in [-0.2, -0.15) is 0 Å². The van der Waals surface area contributed by atoms with E-state index in [4.69, 9.17) is 37.7 Å². The van der Waals surface area contributed by atoms with Gasteiger partial charge < -0.3 is 20.1 Å². The fraction of sp³-hybridized carbons (Fsp3) is 0.382. The van der Waals surface area contributed by atoms with Crippen molar-refractivity contribution >= 4 is 29.1 Å². The number of carbonyl (C=O) groups is 1. The van der Waals surface area contributed by atoms with Crippen molar-refractivity contribution in [2.75, 3.05) is 33.9 Å². The van der Waals surface area contributed by atoms with E-state index in [9.17, 15) is 13.6 Å². The van der Waals surface area contributed by atoms with Gasteiger partial charge in [0, 0.05) is 60.8 Å². The van der Waals surface area contributed by atoms with Crippen LogP contribution in [0.4, 0.5) is 8.78 Å². The molecule has 2 saturated heterocycles. The third kappa shape index (κ3) is 7.52. The van der Waals surface area contributed by atoms with Crippen molar-refractivity contribution in [2.24, 2.45) is 0 Å². The molecule has 10 nitrogen and oxygen atoms in total. The summed E-state index contributed by atoms with van der Waals surface area (Å²) in [5, 5.41) is 7.08. The van der Waals surface area contributed by atoms with Gasteiger partial charge in [-0.05, 0) is 19.4 Å². The molecule has 4 aromatic rings. The van der Waals surface area contributed by atoms with Crippen molar-refractivity contribution in [2.45, 2.75) is 50.7 Å². The standard InChI is InChI=1S/C34H35Cl2F2N7O3/c1-47-32-27(15-39-14-20-10-11-29(46)42-20)40-16-25(43-32)23-8-3-6-21(30(23)35)22-7-4-9-24(31(22)36)26-17-41-28(33(44-26)48-2)18-45-13-5-12-34(37,38)19-45/h3-4,6-9,16-17,20,39H,5,10-15,18-19H2,1-2H3,(H,42,46). The monoisotopic (exact) mass is 697 g/mol. The summed E-state index contributed by atoms with van der Waals surface area (Å²) in [7, 11) is 3.01. The molecule has 0 aliphatic carbocycles. The maximum absolute atomic E-state index is 14.0. The zero-order valence-electron chi connectivity index (χ0n) is 26.5. The van der Waals surface area contributed by atoms with E-state index in [2.05, 4.69) is 25.6 Å². The van der Waals surface area contributed by atoms with Crippen LogP contribution in [0.15, 0.2) is 48.8 Å². The first-order valence-electron chi connectivity index (χ1n) is 15.6. The Labute approximate surface area is 287 Å². The summed E-state index contributed by atoms with van der Waals surface area (Å²) in [6, 6.07) is 11.2. The molecule has 2 fully saturated rings. The van der Waals surface area contributed by atoms with Crippen LogP contribution >= 0.6 is 23.2 Å². The number of nitrogens with one attached hydrogen (secondary N) is 2. The molecule has 14 heteroatoms. The lowest BCUT2D eigenvalue weighted by Gasteiger charge is -2.32. The molecule has 2 aromatic carbocycles. The van der Waals surface area contributed by atoms with Crippen molar-refractivity contribution in [3.8, 4) is 45.4 Å². The molecule has 48 heavy (non-hydrogen) atoms. The van der Waals surface area contributed by atoms with E-state index >= 15 is 0 Å². The normalized spacial score (nSPS) is 17.7. The van der Waals surface area contributed by atoms with Crippen LogP contribution in [-0.2, 0) is 17.9 Å². The predicted molar refractivity (Wildman–Crippen MR) is 179 cm³/mol. The first-order chi connectivity index (χ1) is 23.2. The highest BCUT2D eigenvalue weighted by Crippen LogP contribution is 2.42. The smallest absolute Gasteiger partial charge is 0.260 e. The highest BCUT2D eigenvalue weighted by Gasteiger charge is 2.35. The average molecular weight is 699 g/mol. The summed E-state index contributed by atoms with van der Waals surface area (Å²) in [6.45, 7) is 1.47. The van der Waals surface area contributed by atoms with E-state index in [0.29, 0.717) is 93.4 Å². The number of nitrogens with zero attached hydrogens (tertiary/aromatic N) is 5. The van der Waals surface area contributed by atoms with E-state index in [1.165, 1.54) is 14.2 Å². The molecule has 0 bridgehead atoms. The number of amides is 1. The Morgan fingerprint density at radius 2 is 1.52 bits per heavy atom. The van der Waals surface area contributed by atoms with Crippen LogP contribution in [0, 0.1) is 0 Å². The molecule has 2 aliphatic heterocycles. The minimum atomic E-state index is -2.72. The minimum absolute atomic E-state index is 0.0698. The van der Waals surface area contributed by atoms with Crippen LogP contribution in [0.25, 0.3) is 33.6 Å². The van der Waals surface area contributed by atoms with Crippen LogP contribution in [0.5, 0.6) is 11.8 Å². The van der Waals surface area contributed by atoms with Crippen molar-refractivity contribution in [1.82, 2.24) is 35.5 Å². The Morgan fingerprint density at radius 1 is 0.938 bits per heavy atom. The van der Waals surface area contributed by atoms with Gasteiger partial charge in [-0.25, -0.2) is 18.7 Å². The number of aromatic nitrogens is 4. The van der Waals surface area contributed by atoms with Crippen molar-refractivity contribution < 1.29 is 23.0 Å². The zero-order chi connectivity index (χ0) is 33.8. The highest BCUT2D eigenvalue weighted by molar-refractivity contribution is 6.39. The number of piperidine rings is 1. The number of ether oxygens (including phenoxy) is 2. The number of likely N-dealkylation sites (tertiary alicyclic amines) is 1. The minimum Gasteiger partial charge on any atom is -0.480 e. The maximum atomic E-state index is 14.0. The molecule has 252 valence electrons. The molecule has 1 atom stereocenters. The number of alkyl halides is 2. The van der Waals surface area contributed by atoms with E-state index in [1.54, 1.807) is 17.3 Å². The van der Waals surface area contributed by atoms with Crippen LogP contribution < -0.4 is 20.1 Å². The molecule has 2 aliphatic rings. The fourth-order valence-electron chi connectivity index (χ4n) is 6.07. The van der Waals surface area contributed by atoms with Gasteiger partial charge in [0.25, 0.3) is 5.92 Å². The first-order valence-corrected chi connectivity index (χ1v) is 16.4. The van der Waals surface area contributed by atoms with Gasteiger partial charge in [0.2, 0.25) is 17.7 Å². The lowest BCUT2D eigenvalue weighted by atomic mass is 9.98. The highest BCUT2D eigenvalue weighted by atomic mass is 35.5. The third-order valence-corrected chi connectivity index (χ3v) is 9.28. The largest absolute Gasteiger partial charge is 0.480 e. The number of rotatable bonds is 11. The molecule has 2 aromatic heterocycles. The van der Waals surface area contributed by atoms with Crippen molar-refractivity contribution in [1.29, 1.82) is 0 Å². The SMILES string of the molecule is COc1nc(-c2cccc(-c3cccc(-c4cnc(CN5CCCC(F)(F)C5)c(OC)n4)c3Cl)c2Cl)cnc1CNCC1CCC(=O)N1. The van der Waals surface area contributed by atoms with Crippen LogP contribution in [0.3, 0.4) is 0 Å². The number of hydrogen-bond donors (Lipinski definition) is 2. The molecular formula is C34H35Cl2F2N7O3. The summed E-state index contributed by atoms with van der Waals surface area (Å²) >= 11 is 14.0. The number of carbonyl (C=O) groups excluding carboxylic acids is 1. The van der Waals surface area contributed by atoms with Gasteiger partial charge in [-0.3, -0.25) is 19.7 Å². The molecule has 2 N–H and O–H groups in total. The van der Waals surface area contributed by atoms with E-state index in [-0.39, 0.29) is 37.3 Å². The molecular weight excluding hydrogens is 663 g/mol. The fourth-order valence-corrected chi connectivity index (χ4v) is 6.72. The quantitative estimate of drug-likeness (QED) is 0.189. The molecule has 0 spiro atoms. The summed E-state index contributed by atoms with van der Waals surface area (Å²) in [4.78, 5) is 31.6. The number of hydrogen-bond acceptors (Lipinski definition) is 9. The van der Waals surface area contributed by atoms with Crippen LogP contribution in [0.1, 0.15) is 37.1 Å². The molecule has 0 radical (unpaired) electrons. The lowest BCUT2D eigenvalue weighted by Crippen LogP contribution is -2.42. The second kappa shape index (κ2) is 14.7. The van der Waals surface area contributed by atoms with Gasteiger partial charge >= 0.3 is 0 Å². The summed E-state index contributed by atoms with van der Waals surface area (Å²) in [6.07, 6.45) is 4.87. The predicted octanol–water partition coefficient (Wildman–Crippen LogP) is 6.19. The second-order valence-electron chi connectivity index (χ2n) is 11.9. The van der Waals surface area contributed by atoms with E-state index < -0.39 is 5.92 Å². The second-order valence-corrected chi connectivity index (χ2v) is 12.6. The van der Waals surface area contributed by atoms with Crippen LogP contribution in [-0.4, -0.2) is 76.6 Å². The zero-order valence-corrected chi connectivity index (χ0v) is 28.0. The lowest BCUT2D eigenvalue weighted by molar-refractivity contribution is -0.119.